The van der Waals surface area contributed by atoms with Crippen molar-refractivity contribution in [2.24, 2.45) is 0 Å². The molecule has 0 heterocycles. The summed E-state index contributed by atoms with van der Waals surface area (Å²) in [5.74, 6) is -0.666. The number of carbonyl (C=O) groups excluding carboxylic acids is 1. The van der Waals surface area contributed by atoms with Gasteiger partial charge in [-0.2, -0.15) is 4.79 Å². The predicted molar refractivity (Wildman–Crippen MR) is 55.7 cm³/mol. The molecule has 15 heavy (non-hydrogen) atoms. The summed E-state index contributed by atoms with van der Waals surface area (Å²) in [4.78, 5) is 12.5. The van der Waals surface area contributed by atoms with Crippen LogP contribution < -0.4 is 0 Å². The van der Waals surface area contributed by atoms with E-state index >= 15 is 0 Å². The summed E-state index contributed by atoms with van der Waals surface area (Å²) in [7, 11) is 0. The zero-order valence-electron chi connectivity index (χ0n) is 7.80. The minimum atomic E-state index is -1.58. The van der Waals surface area contributed by atoms with Gasteiger partial charge in [-0.15, -0.1) is 11.6 Å². The van der Waals surface area contributed by atoms with Gasteiger partial charge in [0.2, 0.25) is 0 Å². The first kappa shape index (κ1) is 11.6. The van der Waals surface area contributed by atoms with E-state index in [4.69, 9.17) is 22.2 Å². The van der Waals surface area contributed by atoms with Crippen LogP contribution in [0.25, 0.3) is 5.53 Å². The first-order valence-corrected chi connectivity index (χ1v) is 4.60. The molecule has 1 atom stereocenters. The zero-order valence-corrected chi connectivity index (χ0v) is 8.55. The lowest BCUT2D eigenvalue weighted by Crippen LogP contribution is -2.34. The van der Waals surface area contributed by atoms with Gasteiger partial charge in [-0.25, -0.2) is 0 Å². The number of carbonyl (C=O) groups is 1. The normalized spacial score (nSPS) is 13.7. The second-order valence-electron chi connectivity index (χ2n) is 2.93. The van der Waals surface area contributed by atoms with Crippen LogP contribution in [0.1, 0.15) is 5.56 Å². The van der Waals surface area contributed by atoms with Crippen LogP contribution in [0.2, 0.25) is 0 Å². The number of aliphatic hydroxyl groups excluding tert-OH is 1. The Labute approximate surface area is 91.7 Å². The van der Waals surface area contributed by atoms with E-state index in [9.17, 15) is 4.79 Å². The summed E-state index contributed by atoms with van der Waals surface area (Å²) in [5, 5.41) is 9.14. The molecule has 0 amide bonds. The average Bonchev–Trinajstić information content (AvgIpc) is 2.29. The van der Waals surface area contributed by atoms with Crippen LogP contribution >= 0.6 is 11.6 Å². The molecule has 0 aliphatic rings. The van der Waals surface area contributed by atoms with Crippen molar-refractivity contribution >= 4 is 23.6 Å². The number of ketones is 1. The molecule has 78 valence electrons. The van der Waals surface area contributed by atoms with Crippen LogP contribution in [0, 0.1) is 0 Å². The number of alkyl halides is 1. The van der Waals surface area contributed by atoms with Crippen molar-refractivity contribution in [1.82, 2.24) is 0 Å². The van der Waals surface area contributed by atoms with Gasteiger partial charge in [-0.3, -0.25) is 4.79 Å². The Balaban J connectivity index is 3.16. The number of benzene rings is 1. The number of hydrogen-bond donors (Lipinski definition) is 1. The first-order chi connectivity index (χ1) is 7.15. The Morgan fingerprint density at radius 1 is 1.53 bits per heavy atom. The van der Waals surface area contributed by atoms with Crippen molar-refractivity contribution < 1.29 is 14.7 Å². The first-order valence-electron chi connectivity index (χ1n) is 4.22. The standard InChI is InChI=1S/C10H9ClN2O2/c11-10(7-14,9(15)6-13-12)8-4-2-1-3-5-8/h1-6,14H,7H2/t10-/m1/s1. The van der Waals surface area contributed by atoms with Crippen LogP contribution in [-0.2, 0) is 9.67 Å². The number of aliphatic hydroxyl groups is 1. The third-order valence-electron chi connectivity index (χ3n) is 2.01. The van der Waals surface area contributed by atoms with E-state index < -0.39 is 17.3 Å². The van der Waals surface area contributed by atoms with E-state index in [0.29, 0.717) is 11.8 Å². The monoisotopic (exact) mass is 224 g/mol. The minimum absolute atomic E-state index is 0.457. The second kappa shape index (κ2) is 4.84. The Morgan fingerprint density at radius 2 is 2.13 bits per heavy atom. The molecule has 0 bridgehead atoms. The molecule has 4 nitrogen and oxygen atoms in total. The van der Waals surface area contributed by atoms with Crippen molar-refractivity contribution in [2.75, 3.05) is 6.61 Å². The maximum atomic E-state index is 11.5. The minimum Gasteiger partial charge on any atom is -0.394 e. The highest BCUT2D eigenvalue weighted by atomic mass is 35.5. The van der Waals surface area contributed by atoms with E-state index in [1.165, 1.54) is 0 Å². The van der Waals surface area contributed by atoms with E-state index in [0.717, 1.165) is 0 Å². The van der Waals surface area contributed by atoms with Crippen LogP contribution in [0.5, 0.6) is 0 Å². The van der Waals surface area contributed by atoms with Gasteiger partial charge in [0.05, 0.1) is 6.61 Å². The van der Waals surface area contributed by atoms with Crippen LogP contribution in [0.4, 0.5) is 0 Å². The van der Waals surface area contributed by atoms with Crippen molar-refractivity contribution in [3.05, 3.63) is 41.4 Å². The average molecular weight is 225 g/mol. The summed E-state index contributed by atoms with van der Waals surface area (Å²) in [6, 6.07) is 8.40. The van der Waals surface area contributed by atoms with Gasteiger partial charge in [0.25, 0.3) is 5.78 Å². The van der Waals surface area contributed by atoms with Crippen molar-refractivity contribution in [3.63, 3.8) is 0 Å². The fourth-order valence-electron chi connectivity index (χ4n) is 1.17. The van der Waals surface area contributed by atoms with Gasteiger partial charge in [0, 0.05) is 0 Å². The van der Waals surface area contributed by atoms with Gasteiger partial charge in [-0.1, -0.05) is 30.3 Å². The molecule has 1 N–H and O–H groups in total. The van der Waals surface area contributed by atoms with Gasteiger partial charge in [0.15, 0.2) is 4.87 Å². The maximum absolute atomic E-state index is 11.5. The Morgan fingerprint density at radius 3 is 2.60 bits per heavy atom. The van der Waals surface area contributed by atoms with Crippen LogP contribution in [-0.4, -0.2) is 28.5 Å². The topological polar surface area (TPSA) is 73.7 Å². The van der Waals surface area contributed by atoms with Crippen molar-refractivity contribution in [1.29, 1.82) is 0 Å². The predicted octanol–water partition coefficient (Wildman–Crippen LogP) is 0.983. The molecule has 1 aromatic carbocycles. The number of nitrogens with zero attached hydrogens (tertiary/aromatic N) is 2. The number of hydrogen-bond acceptors (Lipinski definition) is 2. The summed E-state index contributed by atoms with van der Waals surface area (Å²) in [6.07, 6.45) is 0.677. The van der Waals surface area contributed by atoms with Gasteiger partial charge in [0.1, 0.15) is 0 Å². The molecule has 1 aromatic rings. The van der Waals surface area contributed by atoms with E-state index in [2.05, 4.69) is 4.79 Å². The fourth-order valence-corrected chi connectivity index (χ4v) is 1.34. The zero-order chi connectivity index (χ0) is 11.3. The lowest BCUT2D eigenvalue weighted by Gasteiger charge is -2.19. The highest BCUT2D eigenvalue weighted by Crippen LogP contribution is 2.28. The largest absolute Gasteiger partial charge is 0.394 e. The molecule has 0 fully saturated rings. The van der Waals surface area contributed by atoms with E-state index in [1.807, 2.05) is 0 Å². The third kappa shape index (κ3) is 2.30. The molecule has 0 unspecified atom stereocenters. The molecule has 0 radical (unpaired) electrons. The molecule has 5 heteroatoms. The number of halogens is 1. The maximum Gasteiger partial charge on any atom is 0.325 e. The summed E-state index contributed by atoms with van der Waals surface area (Å²) >= 11 is 5.98. The summed E-state index contributed by atoms with van der Waals surface area (Å²) in [6.45, 7) is -0.566. The fraction of sp³-hybridized carbons (Fsp3) is 0.200. The second-order valence-corrected chi connectivity index (χ2v) is 3.58. The molecular formula is C10H9ClN2O2. The molecule has 0 saturated heterocycles. The summed E-state index contributed by atoms with van der Waals surface area (Å²) < 4.78 is 0. The van der Waals surface area contributed by atoms with Gasteiger partial charge >= 0.3 is 6.21 Å². The van der Waals surface area contributed by atoms with E-state index in [1.54, 1.807) is 30.3 Å². The molecule has 0 spiro atoms. The molecule has 0 aliphatic carbocycles. The van der Waals surface area contributed by atoms with Gasteiger partial charge in [-0.05, 0) is 5.56 Å². The van der Waals surface area contributed by atoms with Crippen LogP contribution in [0.15, 0.2) is 30.3 Å². The lowest BCUT2D eigenvalue weighted by molar-refractivity contribution is -0.119. The number of rotatable bonds is 4. The van der Waals surface area contributed by atoms with Crippen molar-refractivity contribution in [3.8, 4) is 0 Å². The lowest BCUT2D eigenvalue weighted by atomic mass is 9.95. The Bertz CT molecular complexity index is 401. The molecular weight excluding hydrogens is 216 g/mol. The van der Waals surface area contributed by atoms with Crippen molar-refractivity contribution in [2.45, 2.75) is 4.87 Å². The molecule has 1 rings (SSSR count). The number of Topliss-reactive ketones (excluding diaryl/α,β-unsaturated/α-hetero) is 1. The van der Waals surface area contributed by atoms with E-state index in [-0.39, 0.29) is 0 Å². The Hall–Kier alpha value is -1.48. The molecule has 0 aromatic heterocycles. The molecule has 0 saturated carbocycles. The highest BCUT2D eigenvalue weighted by Gasteiger charge is 2.38. The third-order valence-corrected chi connectivity index (χ3v) is 2.54. The highest BCUT2D eigenvalue weighted by molar-refractivity contribution is 6.46. The van der Waals surface area contributed by atoms with Gasteiger partial charge < -0.3 is 10.6 Å². The van der Waals surface area contributed by atoms with Crippen LogP contribution in [0.3, 0.4) is 0 Å². The SMILES string of the molecule is [N-]=[N+]=CC(=O)[C@@](Cl)(CO)c1ccccc1. The quantitative estimate of drug-likeness (QED) is 0.358. The Kier molecular flexibility index (Phi) is 3.74. The smallest absolute Gasteiger partial charge is 0.325 e. The molecule has 0 aliphatic heterocycles. The summed E-state index contributed by atoms with van der Waals surface area (Å²) in [5.41, 5.74) is 8.71.